The summed E-state index contributed by atoms with van der Waals surface area (Å²) in [7, 11) is 1.83. The van der Waals surface area contributed by atoms with Gasteiger partial charge in [0.2, 0.25) is 0 Å². The maximum atomic E-state index is 12.1. The predicted octanol–water partition coefficient (Wildman–Crippen LogP) is 2.63. The van der Waals surface area contributed by atoms with Gasteiger partial charge in [0, 0.05) is 20.1 Å². The number of nitrogens with zero attached hydrogens (tertiary/aromatic N) is 2. The van der Waals surface area contributed by atoms with E-state index in [0.717, 1.165) is 25.2 Å². The molecular formula is C14H23N3O. The van der Waals surface area contributed by atoms with Crippen LogP contribution in [0.4, 0.5) is 5.69 Å². The highest BCUT2D eigenvalue weighted by atomic mass is 16.2. The second kappa shape index (κ2) is 6.99. The summed E-state index contributed by atoms with van der Waals surface area (Å²) in [6.07, 6.45) is 2.78. The molecule has 1 aromatic heterocycles. The van der Waals surface area contributed by atoms with Crippen LogP contribution in [0.3, 0.4) is 0 Å². The molecule has 1 unspecified atom stereocenters. The van der Waals surface area contributed by atoms with Gasteiger partial charge in [-0.05, 0) is 25.0 Å². The second-order valence-electron chi connectivity index (χ2n) is 4.66. The van der Waals surface area contributed by atoms with Crippen LogP contribution in [0.5, 0.6) is 0 Å². The molecule has 1 rings (SSSR count). The first-order valence-electron chi connectivity index (χ1n) is 6.53. The lowest BCUT2D eigenvalue weighted by Gasteiger charge is -2.20. The predicted molar refractivity (Wildman–Crippen MR) is 74.8 cm³/mol. The van der Waals surface area contributed by atoms with Crippen LogP contribution >= 0.6 is 0 Å². The monoisotopic (exact) mass is 249 g/mol. The molecule has 4 heteroatoms. The van der Waals surface area contributed by atoms with Crippen molar-refractivity contribution in [2.24, 2.45) is 5.92 Å². The molecular weight excluding hydrogens is 226 g/mol. The number of rotatable bonds is 6. The van der Waals surface area contributed by atoms with E-state index in [4.69, 9.17) is 0 Å². The van der Waals surface area contributed by atoms with Gasteiger partial charge in [-0.15, -0.1) is 0 Å². The van der Waals surface area contributed by atoms with Crippen LogP contribution in [-0.2, 0) is 0 Å². The molecule has 0 saturated heterocycles. The molecule has 1 aromatic rings. The average Bonchev–Trinajstić information content (AvgIpc) is 2.39. The van der Waals surface area contributed by atoms with Gasteiger partial charge in [-0.25, -0.2) is 4.98 Å². The summed E-state index contributed by atoms with van der Waals surface area (Å²) < 4.78 is 0. The quantitative estimate of drug-likeness (QED) is 0.843. The first kappa shape index (κ1) is 14.5. The van der Waals surface area contributed by atoms with E-state index in [-0.39, 0.29) is 5.91 Å². The number of hydrogen-bond acceptors (Lipinski definition) is 3. The van der Waals surface area contributed by atoms with Crippen molar-refractivity contribution in [3.63, 3.8) is 0 Å². The molecule has 1 atom stereocenters. The van der Waals surface area contributed by atoms with Crippen molar-refractivity contribution in [2.45, 2.75) is 27.2 Å². The Hall–Kier alpha value is -1.58. The SMILES string of the molecule is CCNc1ccc(C(=O)N(C)CC(C)CC)nc1. The van der Waals surface area contributed by atoms with E-state index in [0.29, 0.717) is 11.6 Å². The summed E-state index contributed by atoms with van der Waals surface area (Å²) in [5.74, 6) is 0.498. The largest absolute Gasteiger partial charge is 0.384 e. The molecule has 0 bridgehead atoms. The van der Waals surface area contributed by atoms with Gasteiger partial charge in [-0.1, -0.05) is 20.3 Å². The Morgan fingerprint density at radius 1 is 1.44 bits per heavy atom. The molecule has 1 heterocycles. The van der Waals surface area contributed by atoms with E-state index in [1.54, 1.807) is 17.2 Å². The van der Waals surface area contributed by atoms with Crippen molar-refractivity contribution in [3.05, 3.63) is 24.0 Å². The van der Waals surface area contributed by atoms with Crippen LogP contribution in [-0.4, -0.2) is 35.9 Å². The molecule has 0 aromatic carbocycles. The average molecular weight is 249 g/mol. The molecule has 1 N–H and O–H groups in total. The maximum Gasteiger partial charge on any atom is 0.272 e. The number of aromatic nitrogens is 1. The number of hydrogen-bond donors (Lipinski definition) is 1. The number of carbonyl (C=O) groups excluding carboxylic acids is 1. The van der Waals surface area contributed by atoms with E-state index in [9.17, 15) is 4.79 Å². The summed E-state index contributed by atoms with van der Waals surface area (Å²) in [5, 5.41) is 3.16. The third kappa shape index (κ3) is 4.02. The lowest BCUT2D eigenvalue weighted by atomic mass is 10.1. The third-order valence-corrected chi connectivity index (χ3v) is 2.99. The topological polar surface area (TPSA) is 45.2 Å². The lowest BCUT2D eigenvalue weighted by molar-refractivity contribution is 0.0769. The summed E-state index contributed by atoms with van der Waals surface area (Å²) in [6.45, 7) is 7.92. The highest BCUT2D eigenvalue weighted by molar-refractivity contribution is 5.92. The fourth-order valence-corrected chi connectivity index (χ4v) is 1.70. The van der Waals surface area contributed by atoms with Crippen molar-refractivity contribution < 1.29 is 4.79 Å². The van der Waals surface area contributed by atoms with Crippen LogP contribution in [0.25, 0.3) is 0 Å². The van der Waals surface area contributed by atoms with Crippen molar-refractivity contribution in [2.75, 3.05) is 25.5 Å². The molecule has 0 fully saturated rings. The molecule has 0 aliphatic carbocycles. The highest BCUT2D eigenvalue weighted by Gasteiger charge is 2.14. The van der Waals surface area contributed by atoms with Gasteiger partial charge in [0.25, 0.3) is 5.91 Å². The fourth-order valence-electron chi connectivity index (χ4n) is 1.70. The second-order valence-corrected chi connectivity index (χ2v) is 4.66. The van der Waals surface area contributed by atoms with Gasteiger partial charge in [0.05, 0.1) is 11.9 Å². The molecule has 100 valence electrons. The Morgan fingerprint density at radius 2 is 2.17 bits per heavy atom. The van der Waals surface area contributed by atoms with Crippen molar-refractivity contribution in [1.82, 2.24) is 9.88 Å². The first-order valence-corrected chi connectivity index (χ1v) is 6.53. The minimum Gasteiger partial charge on any atom is -0.384 e. The van der Waals surface area contributed by atoms with Crippen LogP contribution in [0.2, 0.25) is 0 Å². The third-order valence-electron chi connectivity index (χ3n) is 2.99. The number of pyridine rings is 1. The molecule has 0 saturated carbocycles. The van der Waals surface area contributed by atoms with Crippen molar-refractivity contribution in [3.8, 4) is 0 Å². The fraction of sp³-hybridized carbons (Fsp3) is 0.571. The maximum absolute atomic E-state index is 12.1. The van der Waals surface area contributed by atoms with Gasteiger partial charge in [0.15, 0.2) is 0 Å². The minimum atomic E-state index is -0.0154. The normalized spacial score (nSPS) is 12.0. The van der Waals surface area contributed by atoms with E-state index >= 15 is 0 Å². The standard InChI is InChI=1S/C14H23N3O/c1-5-11(3)10-17(4)14(18)13-8-7-12(9-16-13)15-6-2/h7-9,11,15H,5-6,10H2,1-4H3. The van der Waals surface area contributed by atoms with Gasteiger partial charge in [-0.2, -0.15) is 0 Å². The number of carbonyl (C=O) groups is 1. The van der Waals surface area contributed by atoms with E-state index in [1.807, 2.05) is 20.0 Å². The number of amides is 1. The van der Waals surface area contributed by atoms with Crippen LogP contribution in [0.1, 0.15) is 37.7 Å². The van der Waals surface area contributed by atoms with E-state index < -0.39 is 0 Å². The van der Waals surface area contributed by atoms with Gasteiger partial charge in [0.1, 0.15) is 5.69 Å². The Bertz CT molecular complexity index is 375. The smallest absolute Gasteiger partial charge is 0.272 e. The first-order chi connectivity index (χ1) is 8.58. The zero-order valence-corrected chi connectivity index (χ0v) is 11.7. The van der Waals surface area contributed by atoms with Crippen molar-refractivity contribution in [1.29, 1.82) is 0 Å². The Labute approximate surface area is 109 Å². The number of anilines is 1. The molecule has 1 amide bonds. The minimum absolute atomic E-state index is 0.0154. The lowest BCUT2D eigenvalue weighted by Crippen LogP contribution is -2.31. The highest BCUT2D eigenvalue weighted by Crippen LogP contribution is 2.09. The molecule has 4 nitrogen and oxygen atoms in total. The Balaban J connectivity index is 2.65. The number of nitrogens with one attached hydrogen (secondary N) is 1. The Kier molecular flexibility index (Phi) is 5.62. The Morgan fingerprint density at radius 3 is 2.67 bits per heavy atom. The zero-order chi connectivity index (χ0) is 13.5. The molecule has 0 spiro atoms. The van der Waals surface area contributed by atoms with Crippen LogP contribution in [0.15, 0.2) is 18.3 Å². The molecule has 18 heavy (non-hydrogen) atoms. The van der Waals surface area contributed by atoms with Gasteiger partial charge in [-0.3, -0.25) is 4.79 Å². The van der Waals surface area contributed by atoms with Gasteiger partial charge < -0.3 is 10.2 Å². The summed E-state index contributed by atoms with van der Waals surface area (Å²) in [4.78, 5) is 18.0. The van der Waals surface area contributed by atoms with E-state index in [2.05, 4.69) is 24.1 Å². The summed E-state index contributed by atoms with van der Waals surface area (Å²) in [5.41, 5.74) is 1.45. The van der Waals surface area contributed by atoms with Crippen LogP contribution in [0, 0.1) is 5.92 Å². The molecule has 0 radical (unpaired) electrons. The summed E-state index contributed by atoms with van der Waals surface area (Å²) >= 11 is 0. The van der Waals surface area contributed by atoms with Crippen molar-refractivity contribution >= 4 is 11.6 Å². The molecule has 0 aliphatic heterocycles. The van der Waals surface area contributed by atoms with Gasteiger partial charge >= 0.3 is 0 Å². The zero-order valence-electron chi connectivity index (χ0n) is 11.7. The summed E-state index contributed by atoms with van der Waals surface area (Å²) in [6, 6.07) is 3.66. The van der Waals surface area contributed by atoms with Crippen LogP contribution < -0.4 is 5.32 Å². The van der Waals surface area contributed by atoms with E-state index in [1.165, 1.54) is 0 Å². The molecule has 0 aliphatic rings.